The summed E-state index contributed by atoms with van der Waals surface area (Å²) in [5, 5.41) is 6.89. The molecule has 6 heteroatoms. The van der Waals surface area contributed by atoms with Crippen molar-refractivity contribution >= 4 is 29.3 Å². The van der Waals surface area contributed by atoms with Crippen LogP contribution in [-0.2, 0) is 11.2 Å². The maximum atomic E-state index is 11.6. The largest absolute Gasteiger partial charge is 0.360 e. The molecule has 1 aromatic heterocycles. The van der Waals surface area contributed by atoms with Crippen LogP contribution in [0.4, 0.5) is 0 Å². The van der Waals surface area contributed by atoms with E-state index in [4.69, 9.17) is 16.1 Å². The highest BCUT2D eigenvalue weighted by atomic mass is 35.5. The van der Waals surface area contributed by atoms with Gasteiger partial charge in [-0.05, 0) is 12.2 Å². The molecule has 2 heterocycles. The zero-order valence-electron chi connectivity index (χ0n) is 8.74. The van der Waals surface area contributed by atoms with Gasteiger partial charge < -0.3 is 9.84 Å². The van der Waals surface area contributed by atoms with Gasteiger partial charge in [0.05, 0.1) is 0 Å². The summed E-state index contributed by atoms with van der Waals surface area (Å²) in [6, 6.07) is 1.98. The lowest BCUT2D eigenvalue weighted by molar-refractivity contribution is -0.121. The minimum absolute atomic E-state index is 0.0695. The van der Waals surface area contributed by atoms with Crippen molar-refractivity contribution in [1.82, 2.24) is 10.5 Å². The highest BCUT2D eigenvalue weighted by Gasteiger charge is 2.17. The maximum Gasteiger partial charge on any atom is 0.220 e. The Bertz CT molecular complexity index is 363. The zero-order chi connectivity index (χ0) is 11.4. The molecule has 1 aliphatic heterocycles. The second-order valence-corrected chi connectivity index (χ2v) is 5.28. The molecule has 1 atom stereocenters. The smallest absolute Gasteiger partial charge is 0.220 e. The van der Waals surface area contributed by atoms with Gasteiger partial charge in [0.1, 0.15) is 5.76 Å². The Balaban J connectivity index is 1.71. The summed E-state index contributed by atoms with van der Waals surface area (Å²) in [7, 11) is 0. The van der Waals surface area contributed by atoms with Crippen LogP contribution in [0.25, 0.3) is 0 Å². The standard InChI is InChI=1S/C10H13ClN2O2S/c11-9-5-8(15-13-9)1-2-10(14)12-7-3-4-16-6-7/h5,7H,1-4,6H2,(H,12,14)/t7-/m0/s1. The quantitative estimate of drug-likeness (QED) is 0.898. The average molecular weight is 261 g/mol. The van der Waals surface area contributed by atoms with E-state index in [1.54, 1.807) is 6.07 Å². The summed E-state index contributed by atoms with van der Waals surface area (Å²) in [6.45, 7) is 0. The molecule has 16 heavy (non-hydrogen) atoms. The molecule has 1 N–H and O–H groups in total. The Hall–Kier alpha value is -0.680. The lowest BCUT2D eigenvalue weighted by atomic mass is 10.2. The minimum atomic E-state index is 0.0695. The number of thioether (sulfide) groups is 1. The van der Waals surface area contributed by atoms with Crippen LogP contribution in [0.15, 0.2) is 10.6 Å². The Morgan fingerprint density at radius 3 is 3.25 bits per heavy atom. The molecule has 0 spiro atoms. The van der Waals surface area contributed by atoms with Crippen LogP contribution in [0.1, 0.15) is 18.6 Å². The number of nitrogens with zero attached hydrogens (tertiary/aromatic N) is 1. The topological polar surface area (TPSA) is 55.1 Å². The van der Waals surface area contributed by atoms with E-state index >= 15 is 0 Å². The van der Waals surface area contributed by atoms with E-state index in [-0.39, 0.29) is 5.91 Å². The molecule has 1 aromatic rings. The van der Waals surface area contributed by atoms with Crippen molar-refractivity contribution < 1.29 is 9.32 Å². The van der Waals surface area contributed by atoms with Gasteiger partial charge in [-0.15, -0.1) is 0 Å². The summed E-state index contributed by atoms with van der Waals surface area (Å²) >= 11 is 7.49. The fourth-order valence-corrected chi connectivity index (χ4v) is 2.90. The van der Waals surface area contributed by atoms with Gasteiger partial charge >= 0.3 is 0 Å². The number of hydrogen-bond donors (Lipinski definition) is 1. The van der Waals surface area contributed by atoms with Crippen LogP contribution in [-0.4, -0.2) is 28.6 Å². The van der Waals surface area contributed by atoms with Gasteiger partial charge in [0.2, 0.25) is 5.91 Å². The number of carbonyl (C=O) groups is 1. The van der Waals surface area contributed by atoms with Gasteiger partial charge in [-0.3, -0.25) is 4.79 Å². The minimum Gasteiger partial charge on any atom is -0.360 e. The Labute approximate surface area is 103 Å². The first-order chi connectivity index (χ1) is 7.74. The first-order valence-electron chi connectivity index (χ1n) is 5.22. The highest BCUT2D eigenvalue weighted by Crippen LogP contribution is 2.17. The number of halogens is 1. The maximum absolute atomic E-state index is 11.6. The summed E-state index contributed by atoms with van der Waals surface area (Å²) in [5.41, 5.74) is 0. The number of rotatable bonds is 4. The van der Waals surface area contributed by atoms with Crippen molar-refractivity contribution in [3.63, 3.8) is 0 Å². The summed E-state index contributed by atoms with van der Waals surface area (Å²) in [4.78, 5) is 11.6. The van der Waals surface area contributed by atoms with Crippen LogP contribution in [0, 0.1) is 0 Å². The number of aromatic nitrogens is 1. The van der Waals surface area contributed by atoms with E-state index in [1.165, 1.54) is 0 Å². The highest BCUT2D eigenvalue weighted by molar-refractivity contribution is 7.99. The summed E-state index contributed by atoms with van der Waals surface area (Å²) in [5.74, 6) is 2.89. The summed E-state index contributed by atoms with van der Waals surface area (Å²) in [6.07, 6.45) is 2.04. The van der Waals surface area contributed by atoms with Crippen molar-refractivity contribution in [1.29, 1.82) is 0 Å². The zero-order valence-corrected chi connectivity index (χ0v) is 10.3. The van der Waals surface area contributed by atoms with Gasteiger partial charge in [-0.1, -0.05) is 16.8 Å². The molecule has 0 aromatic carbocycles. The van der Waals surface area contributed by atoms with Crippen LogP contribution < -0.4 is 5.32 Å². The first-order valence-corrected chi connectivity index (χ1v) is 6.75. The third-order valence-electron chi connectivity index (χ3n) is 2.42. The van der Waals surface area contributed by atoms with Gasteiger partial charge in [-0.25, -0.2) is 0 Å². The van der Waals surface area contributed by atoms with Crippen LogP contribution >= 0.6 is 23.4 Å². The van der Waals surface area contributed by atoms with E-state index in [0.717, 1.165) is 17.9 Å². The molecule has 1 fully saturated rings. The predicted octanol–water partition coefficient (Wildman–Crippen LogP) is 1.88. The molecular weight excluding hydrogens is 248 g/mol. The van der Waals surface area contributed by atoms with Crippen molar-refractivity contribution in [2.75, 3.05) is 11.5 Å². The fraction of sp³-hybridized carbons (Fsp3) is 0.600. The molecule has 0 saturated carbocycles. The number of aryl methyl sites for hydroxylation is 1. The van der Waals surface area contributed by atoms with Crippen molar-refractivity contribution in [3.05, 3.63) is 17.0 Å². The fourth-order valence-electron chi connectivity index (χ4n) is 1.59. The molecule has 88 valence electrons. The first kappa shape index (κ1) is 11.8. The van der Waals surface area contributed by atoms with Crippen LogP contribution in [0.5, 0.6) is 0 Å². The van der Waals surface area contributed by atoms with Gasteiger partial charge in [0.25, 0.3) is 0 Å². The molecule has 2 rings (SSSR count). The van der Waals surface area contributed by atoms with Gasteiger partial charge in [0.15, 0.2) is 5.15 Å². The third-order valence-corrected chi connectivity index (χ3v) is 3.76. The molecule has 1 aliphatic rings. The Morgan fingerprint density at radius 1 is 1.75 bits per heavy atom. The number of amides is 1. The van der Waals surface area contributed by atoms with Crippen LogP contribution in [0.3, 0.4) is 0 Å². The van der Waals surface area contributed by atoms with Crippen molar-refractivity contribution in [2.45, 2.75) is 25.3 Å². The molecule has 0 aliphatic carbocycles. The third kappa shape index (κ3) is 3.42. The monoisotopic (exact) mass is 260 g/mol. The van der Waals surface area contributed by atoms with Crippen molar-refractivity contribution in [3.8, 4) is 0 Å². The normalized spacial score (nSPS) is 19.9. The second-order valence-electron chi connectivity index (χ2n) is 3.74. The van der Waals surface area contributed by atoms with E-state index < -0.39 is 0 Å². The second kappa shape index (κ2) is 5.59. The van der Waals surface area contributed by atoms with Crippen LogP contribution in [0.2, 0.25) is 5.15 Å². The molecule has 4 nitrogen and oxygen atoms in total. The van der Waals surface area contributed by atoms with E-state index in [9.17, 15) is 4.79 Å². The van der Waals surface area contributed by atoms with E-state index in [2.05, 4.69) is 10.5 Å². The summed E-state index contributed by atoms with van der Waals surface area (Å²) < 4.78 is 4.92. The van der Waals surface area contributed by atoms with Crippen molar-refractivity contribution in [2.24, 2.45) is 0 Å². The van der Waals surface area contributed by atoms with Gasteiger partial charge in [-0.2, -0.15) is 11.8 Å². The Morgan fingerprint density at radius 2 is 2.62 bits per heavy atom. The molecule has 0 unspecified atom stereocenters. The molecule has 1 saturated heterocycles. The molecule has 0 radical (unpaired) electrons. The lowest BCUT2D eigenvalue weighted by Gasteiger charge is -2.10. The molecule has 0 bridgehead atoms. The SMILES string of the molecule is O=C(CCc1cc(Cl)no1)N[C@H]1CCSC1. The predicted molar refractivity (Wildman–Crippen MR) is 63.7 cm³/mol. The van der Waals surface area contributed by atoms with E-state index in [0.29, 0.717) is 29.8 Å². The Kier molecular flexibility index (Phi) is 4.12. The average Bonchev–Trinajstić information content (AvgIpc) is 2.87. The molecular formula is C10H13ClN2O2S. The van der Waals surface area contributed by atoms with E-state index in [1.807, 2.05) is 11.8 Å². The lowest BCUT2D eigenvalue weighted by Crippen LogP contribution is -2.34. The number of hydrogen-bond acceptors (Lipinski definition) is 4. The number of nitrogens with one attached hydrogen (secondary N) is 1. The number of carbonyl (C=O) groups excluding carboxylic acids is 1. The molecule has 1 amide bonds. The van der Waals surface area contributed by atoms with Gasteiger partial charge in [0, 0.05) is 30.7 Å².